The lowest BCUT2D eigenvalue weighted by atomic mass is 9.87. The first-order chi connectivity index (χ1) is 13.9. The van der Waals surface area contributed by atoms with Gasteiger partial charge in [0.25, 0.3) is 5.91 Å². The number of rotatable bonds is 2. The number of thioether (sulfide) groups is 1. The molecule has 4 rings (SSSR count). The topological polar surface area (TPSA) is 35.9 Å². The van der Waals surface area contributed by atoms with E-state index in [0.29, 0.717) is 4.91 Å². The van der Waals surface area contributed by atoms with Gasteiger partial charge < -0.3 is 9.80 Å². The van der Waals surface area contributed by atoms with E-state index in [9.17, 15) is 4.79 Å². The summed E-state index contributed by atoms with van der Waals surface area (Å²) in [6.07, 6.45) is 1.95. The smallest absolute Gasteiger partial charge is 0.286 e. The quantitative estimate of drug-likeness (QED) is 0.674. The first-order valence-electron chi connectivity index (χ1n) is 10.1. The molecule has 5 heteroatoms. The Morgan fingerprint density at radius 1 is 0.897 bits per heavy atom. The van der Waals surface area contributed by atoms with E-state index in [2.05, 4.69) is 84.1 Å². The first-order valence-corrected chi connectivity index (χ1v) is 10.9. The summed E-state index contributed by atoms with van der Waals surface area (Å²) in [6.45, 7) is 10.2. The minimum absolute atomic E-state index is 0.127. The largest absolute Gasteiger partial charge is 0.368 e. The molecule has 2 aromatic rings. The van der Waals surface area contributed by atoms with Crippen molar-refractivity contribution in [2.75, 3.05) is 31.1 Å². The highest BCUT2D eigenvalue weighted by Gasteiger charge is 2.28. The summed E-state index contributed by atoms with van der Waals surface area (Å²) < 4.78 is 0. The van der Waals surface area contributed by atoms with Gasteiger partial charge in [-0.3, -0.25) is 4.79 Å². The molecule has 0 atom stereocenters. The fourth-order valence-electron chi connectivity index (χ4n) is 3.56. The predicted octanol–water partition coefficient (Wildman–Crippen LogP) is 4.78. The lowest BCUT2D eigenvalue weighted by molar-refractivity contribution is -0.113. The summed E-state index contributed by atoms with van der Waals surface area (Å²) in [5, 5.41) is 0.834. The Labute approximate surface area is 177 Å². The Morgan fingerprint density at radius 3 is 2.14 bits per heavy atom. The van der Waals surface area contributed by atoms with Gasteiger partial charge in [0.15, 0.2) is 5.17 Å². The van der Waals surface area contributed by atoms with Crippen molar-refractivity contribution in [2.45, 2.75) is 26.2 Å². The van der Waals surface area contributed by atoms with Crippen LogP contribution in [-0.4, -0.2) is 42.2 Å². The van der Waals surface area contributed by atoms with Crippen LogP contribution in [0.25, 0.3) is 6.08 Å². The lowest BCUT2D eigenvalue weighted by Gasteiger charge is -2.36. The van der Waals surface area contributed by atoms with Crippen LogP contribution in [0, 0.1) is 0 Å². The number of para-hydroxylation sites is 1. The Balaban J connectivity index is 1.39. The van der Waals surface area contributed by atoms with Gasteiger partial charge in [-0.15, -0.1) is 0 Å². The minimum atomic E-state index is -0.129. The van der Waals surface area contributed by atoms with Crippen LogP contribution in [0.2, 0.25) is 0 Å². The molecule has 0 unspecified atom stereocenters. The molecule has 0 saturated carbocycles. The predicted molar refractivity (Wildman–Crippen MR) is 123 cm³/mol. The zero-order chi connectivity index (χ0) is 20.4. The minimum Gasteiger partial charge on any atom is -0.368 e. The highest BCUT2D eigenvalue weighted by Crippen LogP contribution is 2.31. The van der Waals surface area contributed by atoms with E-state index in [-0.39, 0.29) is 11.3 Å². The van der Waals surface area contributed by atoms with E-state index in [1.165, 1.54) is 23.0 Å². The number of aliphatic imine (C=N–C) groups is 1. The normalized spacial score (nSPS) is 19.1. The van der Waals surface area contributed by atoms with Crippen molar-refractivity contribution >= 4 is 34.6 Å². The number of anilines is 1. The molecule has 1 amide bonds. The maximum Gasteiger partial charge on any atom is 0.286 e. The molecular weight excluding hydrogens is 378 g/mol. The molecule has 0 aliphatic carbocycles. The number of piperazine rings is 1. The number of benzene rings is 2. The Bertz CT molecular complexity index is 934. The summed E-state index contributed by atoms with van der Waals surface area (Å²) >= 11 is 1.50. The van der Waals surface area contributed by atoms with Gasteiger partial charge >= 0.3 is 0 Å². The Morgan fingerprint density at radius 2 is 1.52 bits per heavy atom. The average molecular weight is 406 g/mol. The van der Waals surface area contributed by atoms with Crippen LogP contribution in [0.15, 0.2) is 64.5 Å². The standard InChI is InChI=1S/C24H27N3OS/c1-24(2,3)19-11-9-18(10-12-19)17-21-22(28)25-23(29-21)27-15-13-26(14-16-27)20-7-5-4-6-8-20/h4-12,17H,13-16H2,1-3H3/b21-17-. The molecule has 0 N–H and O–H groups in total. The fraction of sp³-hybridized carbons (Fsp3) is 0.333. The van der Waals surface area contributed by atoms with Crippen molar-refractivity contribution in [3.05, 3.63) is 70.6 Å². The monoisotopic (exact) mass is 405 g/mol. The maximum absolute atomic E-state index is 12.4. The number of amides is 1. The van der Waals surface area contributed by atoms with Gasteiger partial charge in [0.2, 0.25) is 0 Å². The molecule has 2 heterocycles. The molecule has 0 spiro atoms. The number of carbonyl (C=O) groups is 1. The highest BCUT2D eigenvalue weighted by atomic mass is 32.2. The molecule has 4 nitrogen and oxygen atoms in total. The Kier molecular flexibility index (Phi) is 5.50. The molecule has 0 bridgehead atoms. The van der Waals surface area contributed by atoms with Crippen LogP contribution in [0.3, 0.4) is 0 Å². The number of carbonyl (C=O) groups excluding carboxylic acids is 1. The lowest BCUT2D eigenvalue weighted by Crippen LogP contribution is -2.47. The van der Waals surface area contributed by atoms with E-state index < -0.39 is 0 Å². The van der Waals surface area contributed by atoms with E-state index >= 15 is 0 Å². The van der Waals surface area contributed by atoms with Crippen LogP contribution >= 0.6 is 11.8 Å². The third kappa shape index (κ3) is 4.56. The number of amidine groups is 1. The Hall–Kier alpha value is -2.53. The van der Waals surface area contributed by atoms with Crippen LogP contribution in [0.1, 0.15) is 31.9 Å². The summed E-state index contributed by atoms with van der Waals surface area (Å²) in [7, 11) is 0. The van der Waals surface area contributed by atoms with Gasteiger partial charge in [-0.2, -0.15) is 4.99 Å². The third-order valence-corrected chi connectivity index (χ3v) is 6.40. The van der Waals surface area contributed by atoms with E-state index in [1.807, 2.05) is 12.1 Å². The molecule has 1 fully saturated rings. The molecule has 0 aromatic heterocycles. The number of hydrogen-bond donors (Lipinski definition) is 0. The fourth-order valence-corrected chi connectivity index (χ4v) is 4.52. The van der Waals surface area contributed by atoms with Gasteiger partial charge in [-0.1, -0.05) is 63.2 Å². The van der Waals surface area contributed by atoms with Crippen molar-refractivity contribution < 1.29 is 4.79 Å². The zero-order valence-electron chi connectivity index (χ0n) is 17.3. The van der Waals surface area contributed by atoms with Crippen molar-refractivity contribution in [1.82, 2.24) is 4.90 Å². The third-order valence-electron chi connectivity index (χ3n) is 5.36. The average Bonchev–Trinajstić information content (AvgIpc) is 3.09. The van der Waals surface area contributed by atoms with E-state index in [1.54, 1.807) is 0 Å². The van der Waals surface area contributed by atoms with Crippen molar-refractivity contribution in [1.29, 1.82) is 0 Å². The molecule has 1 saturated heterocycles. The first kappa shape index (κ1) is 19.8. The van der Waals surface area contributed by atoms with Crippen molar-refractivity contribution in [3.8, 4) is 0 Å². The number of hydrogen-bond acceptors (Lipinski definition) is 4. The second-order valence-electron chi connectivity index (χ2n) is 8.49. The van der Waals surface area contributed by atoms with Crippen molar-refractivity contribution in [2.24, 2.45) is 4.99 Å². The molecule has 2 aliphatic heterocycles. The summed E-state index contributed by atoms with van der Waals surface area (Å²) in [5.74, 6) is -0.129. The van der Waals surface area contributed by atoms with Crippen molar-refractivity contribution in [3.63, 3.8) is 0 Å². The van der Waals surface area contributed by atoms with Gasteiger partial charge in [-0.25, -0.2) is 0 Å². The molecule has 2 aliphatic rings. The van der Waals surface area contributed by atoms with Crippen LogP contribution in [0.5, 0.6) is 0 Å². The SMILES string of the molecule is CC(C)(C)c1ccc(/C=C2\SC(N3CCN(c4ccccc4)CC3)=NC2=O)cc1. The second kappa shape index (κ2) is 8.07. The van der Waals surface area contributed by atoms with E-state index in [0.717, 1.165) is 36.9 Å². The van der Waals surface area contributed by atoms with Crippen LogP contribution in [0.4, 0.5) is 5.69 Å². The summed E-state index contributed by atoms with van der Waals surface area (Å²) in [5.41, 5.74) is 3.71. The van der Waals surface area contributed by atoms with Gasteiger partial charge in [0.1, 0.15) is 0 Å². The van der Waals surface area contributed by atoms with Gasteiger partial charge in [0.05, 0.1) is 4.91 Å². The molecule has 150 valence electrons. The summed E-state index contributed by atoms with van der Waals surface area (Å²) in [6, 6.07) is 18.9. The molecular formula is C24H27N3OS. The van der Waals surface area contributed by atoms with E-state index in [4.69, 9.17) is 0 Å². The maximum atomic E-state index is 12.4. The van der Waals surface area contributed by atoms with Gasteiger partial charge in [0, 0.05) is 31.9 Å². The van der Waals surface area contributed by atoms with Gasteiger partial charge in [-0.05, 0) is 46.5 Å². The summed E-state index contributed by atoms with van der Waals surface area (Å²) in [4.78, 5) is 22.1. The van der Waals surface area contributed by atoms with Crippen LogP contribution < -0.4 is 4.90 Å². The number of nitrogens with zero attached hydrogens (tertiary/aromatic N) is 3. The molecule has 29 heavy (non-hydrogen) atoms. The zero-order valence-corrected chi connectivity index (χ0v) is 18.1. The highest BCUT2D eigenvalue weighted by molar-refractivity contribution is 8.18. The van der Waals surface area contributed by atoms with Crippen LogP contribution in [-0.2, 0) is 10.2 Å². The molecule has 2 aromatic carbocycles. The second-order valence-corrected chi connectivity index (χ2v) is 9.50. The molecule has 0 radical (unpaired) electrons.